The van der Waals surface area contributed by atoms with Gasteiger partial charge in [0.15, 0.2) is 0 Å². The molecule has 0 unspecified atom stereocenters. The number of pyridine rings is 1. The predicted molar refractivity (Wildman–Crippen MR) is 126 cm³/mol. The zero-order chi connectivity index (χ0) is 21.8. The first-order chi connectivity index (χ1) is 15.0. The van der Waals surface area contributed by atoms with Crippen molar-refractivity contribution in [2.75, 3.05) is 45.2 Å². The molecule has 3 aromatic rings. The van der Waals surface area contributed by atoms with Crippen molar-refractivity contribution in [2.45, 2.75) is 13.0 Å². The highest BCUT2D eigenvalue weighted by Gasteiger charge is 2.18. The van der Waals surface area contributed by atoms with Gasteiger partial charge in [-0.05, 0) is 42.3 Å². The van der Waals surface area contributed by atoms with Crippen LogP contribution < -0.4 is 4.90 Å². The molecule has 0 saturated carbocycles. The summed E-state index contributed by atoms with van der Waals surface area (Å²) in [5.41, 5.74) is 4.09. The van der Waals surface area contributed by atoms with Crippen molar-refractivity contribution >= 4 is 34.9 Å². The Labute approximate surface area is 188 Å². The highest BCUT2D eigenvalue weighted by atomic mass is 35.5. The Bertz CT molecular complexity index is 1070. The lowest BCUT2D eigenvalue weighted by Gasteiger charge is -2.20. The highest BCUT2D eigenvalue weighted by molar-refractivity contribution is 6.30. The van der Waals surface area contributed by atoms with E-state index in [1.165, 1.54) is 0 Å². The summed E-state index contributed by atoms with van der Waals surface area (Å²) in [6.45, 7) is 4.07. The van der Waals surface area contributed by atoms with E-state index < -0.39 is 0 Å². The molecule has 1 aliphatic rings. The minimum absolute atomic E-state index is 0.0703. The third-order valence-electron chi connectivity index (χ3n) is 5.58. The molecular weight excluding hydrogens is 410 g/mol. The van der Waals surface area contributed by atoms with Crippen LogP contribution in [0.25, 0.3) is 11.7 Å². The average Bonchev–Trinajstić information content (AvgIpc) is 3.00. The fourth-order valence-electron chi connectivity index (χ4n) is 3.83. The monoisotopic (exact) mass is 437 g/mol. The number of rotatable bonds is 5. The summed E-state index contributed by atoms with van der Waals surface area (Å²) in [7, 11) is 4.03. The van der Waals surface area contributed by atoms with Crippen LogP contribution in [-0.4, -0.2) is 65.4 Å². The molecule has 3 heterocycles. The largest absolute Gasteiger partial charge is 0.378 e. The number of fused-ring (bicyclic) bond motifs is 1. The number of anilines is 1. The van der Waals surface area contributed by atoms with Crippen LogP contribution in [0.2, 0.25) is 5.02 Å². The molecule has 0 bridgehead atoms. The normalized spacial score (nSPS) is 15.5. The van der Waals surface area contributed by atoms with E-state index >= 15 is 0 Å². The van der Waals surface area contributed by atoms with Crippen molar-refractivity contribution < 1.29 is 4.79 Å². The second kappa shape index (κ2) is 9.54. The van der Waals surface area contributed by atoms with Crippen molar-refractivity contribution in [3.63, 3.8) is 0 Å². The van der Waals surface area contributed by atoms with Gasteiger partial charge in [0.05, 0.1) is 10.7 Å². The summed E-state index contributed by atoms with van der Waals surface area (Å²) < 4.78 is 1.96. The maximum Gasteiger partial charge on any atom is 0.246 e. The van der Waals surface area contributed by atoms with E-state index in [9.17, 15) is 4.79 Å². The topological polar surface area (TPSA) is 44.1 Å². The summed E-state index contributed by atoms with van der Waals surface area (Å²) in [6.07, 6.45) is 8.44. The lowest BCUT2D eigenvalue weighted by molar-refractivity contribution is -0.125. The van der Waals surface area contributed by atoms with Crippen LogP contribution in [0.15, 0.2) is 54.9 Å². The van der Waals surface area contributed by atoms with Crippen molar-refractivity contribution in [3.8, 4) is 0 Å². The molecule has 162 valence electrons. The van der Waals surface area contributed by atoms with E-state index in [2.05, 4.69) is 26.9 Å². The van der Waals surface area contributed by atoms with Crippen molar-refractivity contribution in [1.82, 2.24) is 19.2 Å². The third kappa shape index (κ3) is 5.46. The number of amides is 1. The molecule has 31 heavy (non-hydrogen) atoms. The van der Waals surface area contributed by atoms with Gasteiger partial charge in [-0.1, -0.05) is 23.7 Å². The van der Waals surface area contributed by atoms with E-state index in [-0.39, 0.29) is 5.91 Å². The van der Waals surface area contributed by atoms with Gasteiger partial charge in [-0.25, -0.2) is 4.98 Å². The molecule has 0 radical (unpaired) electrons. The first-order valence-electron chi connectivity index (χ1n) is 10.6. The predicted octanol–water partition coefficient (Wildman–Crippen LogP) is 3.80. The SMILES string of the molecule is CN(C)c1ccc(/C=C\C(=O)N2CCCN(Cc3cn4cc(Cl)ccc4n3)CC2)cc1. The Morgan fingerprint density at radius 3 is 2.65 bits per heavy atom. The van der Waals surface area contributed by atoms with E-state index in [0.717, 1.165) is 61.7 Å². The first-order valence-corrected chi connectivity index (χ1v) is 11.0. The summed E-state index contributed by atoms with van der Waals surface area (Å²) in [6, 6.07) is 12.0. The fraction of sp³-hybridized carbons (Fsp3) is 0.333. The molecule has 0 aliphatic carbocycles. The number of imidazole rings is 1. The van der Waals surface area contributed by atoms with Gasteiger partial charge in [-0.2, -0.15) is 0 Å². The molecule has 4 rings (SSSR count). The van der Waals surface area contributed by atoms with Crippen LogP contribution in [0.3, 0.4) is 0 Å². The minimum atomic E-state index is 0.0703. The molecule has 1 aromatic carbocycles. The van der Waals surface area contributed by atoms with Gasteiger partial charge in [0, 0.05) is 71.0 Å². The van der Waals surface area contributed by atoms with E-state index in [1.54, 1.807) is 6.08 Å². The zero-order valence-electron chi connectivity index (χ0n) is 18.0. The smallest absolute Gasteiger partial charge is 0.246 e. The number of halogens is 1. The van der Waals surface area contributed by atoms with Gasteiger partial charge in [-0.15, -0.1) is 0 Å². The zero-order valence-corrected chi connectivity index (χ0v) is 18.8. The lowest BCUT2D eigenvalue weighted by atomic mass is 10.2. The Balaban J connectivity index is 1.32. The second-order valence-electron chi connectivity index (χ2n) is 8.12. The molecule has 0 N–H and O–H groups in total. The van der Waals surface area contributed by atoms with Crippen LogP contribution in [0, 0.1) is 0 Å². The quantitative estimate of drug-likeness (QED) is 0.569. The molecule has 0 spiro atoms. The standard InChI is InChI=1S/C24H28ClN5O/c1-27(2)22-8-4-19(5-9-22)6-11-24(31)29-13-3-12-28(14-15-29)17-21-18-30-16-20(25)7-10-23(30)26-21/h4-11,16,18H,3,12-15,17H2,1-2H3/b11-6-. The van der Waals surface area contributed by atoms with Crippen LogP contribution in [0.5, 0.6) is 0 Å². The van der Waals surface area contributed by atoms with E-state index in [1.807, 2.05) is 66.1 Å². The van der Waals surface area contributed by atoms with E-state index in [0.29, 0.717) is 5.02 Å². The second-order valence-corrected chi connectivity index (χ2v) is 8.56. The number of hydrogen-bond donors (Lipinski definition) is 0. The fourth-order valence-corrected chi connectivity index (χ4v) is 4.00. The molecule has 6 nitrogen and oxygen atoms in total. The lowest BCUT2D eigenvalue weighted by Crippen LogP contribution is -2.34. The highest BCUT2D eigenvalue weighted by Crippen LogP contribution is 2.15. The molecule has 7 heteroatoms. The van der Waals surface area contributed by atoms with Crippen LogP contribution >= 0.6 is 11.6 Å². The number of aromatic nitrogens is 2. The van der Waals surface area contributed by atoms with Crippen molar-refractivity contribution in [2.24, 2.45) is 0 Å². The number of hydrogen-bond acceptors (Lipinski definition) is 4. The summed E-state index contributed by atoms with van der Waals surface area (Å²) in [5.74, 6) is 0.0703. The Hall–Kier alpha value is -2.83. The van der Waals surface area contributed by atoms with Crippen LogP contribution in [-0.2, 0) is 11.3 Å². The third-order valence-corrected chi connectivity index (χ3v) is 5.80. The first kappa shape index (κ1) is 21.4. The van der Waals surface area contributed by atoms with Gasteiger partial charge in [-0.3, -0.25) is 9.69 Å². The number of nitrogens with zero attached hydrogens (tertiary/aromatic N) is 5. The molecule has 1 fully saturated rings. The maximum absolute atomic E-state index is 12.7. The Morgan fingerprint density at radius 2 is 1.87 bits per heavy atom. The van der Waals surface area contributed by atoms with Crippen molar-refractivity contribution in [3.05, 3.63) is 71.1 Å². The van der Waals surface area contributed by atoms with Gasteiger partial charge in [0.25, 0.3) is 0 Å². The summed E-state index contributed by atoms with van der Waals surface area (Å²) >= 11 is 6.07. The molecule has 2 aromatic heterocycles. The van der Waals surface area contributed by atoms with Crippen LogP contribution in [0.1, 0.15) is 17.7 Å². The van der Waals surface area contributed by atoms with Gasteiger partial charge >= 0.3 is 0 Å². The summed E-state index contributed by atoms with van der Waals surface area (Å²) in [5, 5.41) is 0.696. The summed E-state index contributed by atoms with van der Waals surface area (Å²) in [4.78, 5) is 23.7. The molecule has 0 atom stereocenters. The Kier molecular flexibility index (Phi) is 6.59. The van der Waals surface area contributed by atoms with E-state index in [4.69, 9.17) is 11.6 Å². The van der Waals surface area contributed by atoms with Crippen molar-refractivity contribution in [1.29, 1.82) is 0 Å². The molecule has 1 amide bonds. The van der Waals surface area contributed by atoms with Gasteiger partial charge in [0.1, 0.15) is 5.65 Å². The number of benzene rings is 1. The van der Waals surface area contributed by atoms with Gasteiger partial charge < -0.3 is 14.2 Å². The van der Waals surface area contributed by atoms with Gasteiger partial charge in [0.2, 0.25) is 5.91 Å². The molecule has 1 saturated heterocycles. The minimum Gasteiger partial charge on any atom is -0.378 e. The van der Waals surface area contributed by atoms with Crippen LogP contribution in [0.4, 0.5) is 5.69 Å². The molecule has 1 aliphatic heterocycles. The Morgan fingerprint density at radius 1 is 1.06 bits per heavy atom. The number of carbonyl (C=O) groups is 1. The average molecular weight is 438 g/mol. The molecular formula is C24H28ClN5O. The number of carbonyl (C=O) groups excluding carboxylic acids is 1. The maximum atomic E-state index is 12.7.